The molecule has 0 unspecified atom stereocenters. The number of hydrogen-bond donors (Lipinski definition) is 6. The maximum atomic E-state index is 13.6. The number of hydrogen-bond acceptors (Lipinski definition) is 8. The second kappa shape index (κ2) is 12.2. The lowest BCUT2D eigenvalue weighted by Gasteiger charge is -2.15. The van der Waals surface area contributed by atoms with E-state index < -0.39 is 27.9 Å². The first-order chi connectivity index (χ1) is 19.1. The second-order valence-electron chi connectivity index (χ2n) is 8.80. The SMILES string of the molecule is NCc1ccc(-c2cc(S(=O)(=O)Nc3ccsc3C(=O)N[C@@H](CCCN=C(N)N)C(=O)O)c3occc3c2)cc1. The predicted octanol–water partition coefficient (Wildman–Crippen LogP) is 2.66. The molecule has 0 aliphatic carbocycles. The molecule has 0 fully saturated rings. The molecule has 14 heteroatoms. The van der Waals surface area contributed by atoms with Gasteiger partial charge in [0.2, 0.25) is 0 Å². The molecule has 1 amide bonds. The van der Waals surface area contributed by atoms with Gasteiger partial charge in [0.05, 0.1) is 12.0 Å². The van der Waals surface area contributed by atoms with Crippen LogP contribution in [0.1, 0.15) is 28.1 Å². The van der Waals surface area contributed by atoms with Gasteiger partial charge in [-0.3, -0.25) is 14.5 Å². The summed E-state index contributed by atoms with van der Waals surface area (Å²) in [6.07, 6.45) is 1.77. The number of nitrogens with zero attached hydrogens (tertiary/aromatic N) is 1. The molecule has 2 aromatic heterocycles. The zero-order chi connectivity index (χ0) is 28.9. The predicted molar refractivity (Wildman–Crippen MR) is 153 cm³/mol. The van der Waals surface area contributed by atoms with Crippen molar-refractivity contribution in [2.75, 3.05) is 11.3 Å². The van der Waals surface area contributed by atoms with E-state index in [4.69, 9.17) is 21.6 Å². The fourth-order valence-corrected chi connectivity index (χ4v) is 6.08. The van der Waals surface area contributed by atoms with Gasteiger partial charge in [-0.2, -0.15) is 0 Å². The van der Waals surface area contributed by atoms with Gasteiger partial charge in [0.25, 0.3) is 15.9 Å². The fraction of sp³-hybridized carbons (Fsp3) is 0.192. The van der Waals surface area contributed by atoms with Crippen LogP contribution in [-0.2, 0) is 21.4 Å². The molecule has 0 aliphatic heterocycles. The Bertz CT molecular complexity index is 1660. The highest BCUT2D eigenvalue weighted by atomic mass is 32.2. The number of carbonyl (C=O) groups is 2. The Morgan fingerprint density at radius 1 is 1.07 bits per heavy atom. The first-order valence-corrected chi connectivity index (χ1v) is 14.5. The highest BCUT2D eigenvalue weighted by molar-refractivity contribution is 7.93. The quantitative estimate of drug-likeness (QED) is 0.0818. The van der Waals surface area contributed by atoms with Gasteiger partial charge in [-0.15, -0.1) is 11.3 Å². The molecular weight excluding hydrogens is 556 g/mol. The van der Waals surface area contributed by atoms with Crippen molar-refractivity contribution in [2.45, 2.75) is 30.3 Å². The number of anilines is 1. The Morgan fingerprint density at radius 2 is 1.82 bits per heavy atom. The van der Waals surface area contributed by atoms with E-state index in [9.17, 15) is 23.1 Å². The number of aliphatic imine (C=N–C) groups is 1. The van der Waals surface area contributed by atoms with Crippen molar-refractivity contribution in [1.82, 2.24) is 5.32 Å². The molecule has 0 radical (unpaired) electrons. The number of aliphatic carboxylic acids is 1. The number of guanidine groups is 1. The van der Waals surface area contributed by atoms with Crippen molar-refractivity contribution < 1.29 is 27.5 Å². The van der Waals surface area contributed by atoms with Gasteiger partial charge >= 0.3 is 5.97 Å². The third kappa shape index (κ3) is 6.59. The number of carboxylic acids is 1. The van der Waals surface area contributed by atoms with Crippen LogP contribution in [0.3, 0.4) is 0 Å². The molecule has 40 heavy (non-hydrogen) atoms. The average molecular weight is 585 g/mol. The number of furan rings is 1. The Hall–Kier alpha value is -4.40. The van der Waals surface area contributed by atoms with E-state index >= 15 is 0 Å². The zero-order valence-electron chi connectivity index (χ0n) is 21.2. The van der Waals surface area contributed by atoms with E-state index in [1.165, 1.54) is 23.8 Å². The number of nitrogens with one attached hydrogen (secondary N) is 2. The van der Waals surface area contributed by atoms with Crippen LogP contribution in [0.25, 0.3) is 22.1 Å². The van der Waals surface area contributed by atoms with Gasteiger partial charge in [-0.25, -0.2) is 13.2 Å². The molecule has 4 rings (SSSR count). The summed E-state index contributed by atoms with van der Waals surface area (Å²) in [5.74, 6) is -2.10. The average Bonchev–Trinajstić information content (AvgIpc) is 3.58. The van der Waals surface area contributed by atoms with Crippen LogP contribution in [0.5, 0.6) is 0 Å². The number of benzene rings is 2. The number of carbonyl (C=O) groups excluding carboxylic acids is 1. The van der Waals surface area contributed by atoms with Crippen molar-refractivity contribution in [3.63, 3.8) is 0 Å². The highest BCUT2D eigenvalue weighted by Crippen LogP contribution is 2.33. The first-order valence-electron chi connectivity index (χ1n) is 12.1. The second-order valence-corrected chi connectivity index (χ2v) is 11.4. The summed E-state index contributed by atoms with van der Waals surface area (Å²) in [5, 5.41) is 14.1. The number of carboxylic acid groups (broad SMARTS) is 1. The van der Waals surface area contributed by atoms with Gasteiger partial charge in [0.1, 0.15) is 15.8 Å². The Kier molecular flexibility index (Phi) is 8.72. The number of sulfonamides is 1. The van der Waals surface area contributed by atoms with Gasteiger partial charge in [-0.1, -0.05) is 24.3 Å². The standard InChI is InChI=1S/C26H28N6O6S2/c27-14-15-3-5-16(6-4-15)18-12-17-7-10-38-22(17)21(13-18)40(36,37)32-19-8-11-39-23(19)24(33)31-20(25(34)35)2-1-9-30-26(28)29/h3-8,10-13,20,32H,1-2,9,14,27H2,(H,31,33)(H,34,35)(H4,28,29,30)/t20-/m0/s1. The van der Waals surface area contributed by atoms with Gasteiger partial charge in [0.15, 0.2) is 11.5 Å². The van der Waals surface area contributed by atoms with E-state index in [0.717, 1.165) is 22.5 Å². The third-order valence-corrected chi connectivity index (χ3v) is 8.28. The molecule has 0 bridgehead atoms. The van der Waals surface area contributed by atoms with Crippen LogP contribution >= 0.6 is 11.3 Å². The smallest absolute Gasteiger partial charge is 0.326 e. The molecule has 4 aromatic rings. The van der Waals surface area contributed by atoms with Crippen molar-refractivity contribution in [3.8, 4) is 11.1 Å². The summed E-state index contributed by atoms with van der Waals surface area (Å²) < 4.78 is 35.1. The molecule has 2 heterocycles. The Labute approximate surface area is 233 Å². The lowest BCUT2D eigenvalue weighted by molar-refractivity contribution is -0.139. The van der Waals surface area contributed by atoms with Crippen LogP contribution in [0.2, 0.25) is 0 Å². The molecule has 0 saturated carbocycles. The highest BCUT2D eigenvalue weighted by Gasteiger charge is 2.26. The summed E-state index contributed by atoms with van der Waals surface area (Å²) in [7, 11) is -4.24. The summed E-state index contributed by atoms with van der Waals surface area (Å²) in [6.45, 7) is 0.579. The molecule has 0 saturated heterocycles. The minimum Gasteiger partial charge on any atom is -0.480 e. The number of rotatable bonds is 12. The molecular formula is C26H28N6O6S2. The molecule has 1 atom stereocenters. The molecule has 0 spiro atoms. The first kappa shape index (κ1) is 28.6. The van der Waals surface area contributed by atoms with E-state index in [1.807, 2.05) is 30.3 Å². The monoisotopic (exact) mass is 584 g/mol. The summed E-state index contributed by atoms with van der Waals surface area (Å²) in [4.78, 5) is 28.3. The lowest BCUT2D eigenvalue weighted by atomic mass is 10.0. The van der Waals surface area contributed by atoms with Crippen molar-refractivity contribution in [3.05, 3.63) is 70.6 Å². The number of amides is 1. The van der Waals surface area contributed by atoms with Gasteiger partial charge in [-0.05, 0) is 59.2 Å². The van der Waals surface area contributed by atoms with Crippen LogP contribution in [-0.4, -0.2) is 43.9 Å². The van der Waals surface area contributed by atoms with Crippen LogP contribution in [0, 0.1) is 0 Å². The largest absolute Gasteiger partial charge is 0.480 e. The van der Waals surface area contributed by atoms with Crippen LogP contribution in [0.15, 0.2) is 74.5 Å². The minimum atomic E-state index is -4.24. The number of nitrogens with two attached hydrogens (primary N) is 3. The summed E-state index contributed by atoms with van der Waals surface area (Å²) >= 11 is 0.968. The van der Waals surface area contributed by atoms with Crippen LogP contribution < -0.4 is 27.2 Å². The molecule has 12 nitrogen and oxygen atoms in total. The molecule has 9 N–H and O–H groups in total. The van der Waals surface area contributed by atoms with E-state index in [-0.39, 0.29) is 40.0 Å². The maximum Gasteiger partial charge on any atom is 0.326 e. The molecule has 210 valence electrons. The number of thiophene rings is 1. The molecule has 0 aliphatic rings. The van der Waals surface area contributed by atoms with E-state index in [2.05, 4.69) is 15.0 Å². The van der Waals surface area contributed by atoms with Crippen molar-refractivity contribution >= 4 is 55.9 Å². The van der Waals surface area contributed by atoms with E-state index in [0.29, 0.717) is 23.9 Å². The summed E-state index contributed by atoms with van der Waals surface area (Å²) in [6, 6.07) is 12.6. The maximum absolute atomic E-state index is 13.6. The van der Waals surface area contributed by atoms with Gasteiger partial charge < -0.3 is 32.0 Å². The topological polar surface area (TPSA) is 216 Å². The Morgan fingerprint density at radius 3 is 2.50 bits per heavy atom. The molecule has 2 aromatic carbocycles. The van der Waals surface area contributed by atoms with Crippen molar-refractivity contribution in [1.29, 1.82) is 0 Å². The zero-order valence-corrected chi connectivity index (χ0v) is 22.8. The van der Waals surface area contributed by atoms with Crippen molar-refractivity contribution in [2.24, 2.45) is 22.2 Å². The van der Waals surface area contributed by atoms with Crippen LogP contribution in [0.4, 0.5) is 5.69 Å². The summed E-state index contributed by atoms with van der Waals surface area (Å²) in [5.41, 5.74) is 18.8. The van der Waals surface area contributed by atoms with E-state index in [1.54, 1.807) is 6.07 Å². The Balaban J connectivity index is 1.58. The number of fused-ring (bicyclic) bond motifs is 1. The fourth-order valence-electron chi connectivity index (χ4n) is 4.00. The van der Waals surface area contributed by atoms with Gasteiger partial charge in [0, 0.05) is 18.5 Å². The normalized spacial score (nSPS) is 12.1. The minimum absolute atomic E-state index is 0.00302. The third-order valence-electron chi connectivity index (χ3n) is 5.99. The lowest BCUT2D eigenvalue weighted by Crippen LogP contribution is -2.40.